The number of nitrogens with zero attached hydrogens (tertiary/aromatic N) is 1. The number of nitrogens with one attached hydrogen (secondary N) is 2. The number of benzene rings is 1. The maximum atomic E-state index is 12.3. The SMILES string of the molecule is C[C@H](Sc1nccc(=O)[nH]1)C(=O)N[C@H](C)c1ccc(Cl)cc1Cl. The molecule has 1 heterocycles. The molecule has 0 bridgehead atoms. The Morgan fingerprint density at radius 3 is 2.70 bits per heavy atom. The van der Waals surface area contributed by atoms with Crippen molar-refractivity contribution in [3.8, 4) is 0 Å². The molecule has 122 valence electrons. The molecule has 0 aliphatic carbocycles. The molecule has 8 heteroatoms. The third-order valence-electron chi connectivity index (χ3n) is 3.09. The van der Waals surface area contributed by atoms with E-state index in [1.165, 1.54) is 24.0 Å². The molecule has 0 saturated heterocycles. The number of H-pyrrole nitrogens is 1. The molecule has 1 aromatic carbocycles. The van der Waals surface area contributed by atoms with E-state index in [1.807, 2.05) is 6.92 Å². The van der Waals surface area contributed by atoms with Crippen LogP contribution in [0.3, 0.4) is 0 Å². The number of hydrogen-bond acceptors (Lipinski definition) is 4. The minimum atomic E-state index is -0.422. The molecule has 5 nitrogen and oxygen atoms in total. The molecule has 0 aliphatic rings. The van der Waals surface area contributed by atoms with E-state index in [0.29, 0.717) is 15.2 Å². The van der Waals surface area contributed by atoms with Crippen molar-refractivity contribution in [3.05, 3.63) is 56.4 Å². The van der Waals surface area contributed by atoms with Crippen molar-refractivity contribution in [2.45, 2.75) is 30.3 Å². The van der Waals surface area contributed by atoms with Gasteiger partial charge in [-0.05, 0) is 31.5 Å². The summed E-state index contributed by atoms with van der Waals surface area (Å²) in [6.07, 6.45) is 1.40. The van der Waals surface area contributed by atoms with Gasteiger partial charge in [-0.25, -0.2) is 4.98 Å². The van der Waals surface area contributed by atoms with E-state index in [1.54, 1.807) is 25.1 Å². The number of aromatic nitrogens is 2. The number of thioether (sulfide) groups is 1. The number of rotatable bonds is 5. The van der Waals surface area contributed by atoms with Gasteiger partial charge in [-0.2, -0.15) is 0 Å². The summed E-state index contributed by atoms with van der Waals surface area (Å²) in [5.41, 5.74) is 0.532. The first kappa shape index (κ1) is 17.8. The largest absolute Gasteiger partial charge is 0.349 e. The Bertz CT molecular complexity index is 766. The lowest BCUT2D eigenvalue weighted by Crippen LogP contribution is -2.33. The van der Waals surface area contributed by atoms with Gasteiger partial charge in [0.1, 0.15) is 0 Å². The van der Waals surface area contributed by atoms with E-state index in [9.17, 15) is 9.59 Å². The average Bonchev–Trinajstić information content (AvgIpc) is 2.46. The fraction of sp³-hybridized carbons (Fsp3) is 0.267. The number of carbonyl (C=O) groups excluding carboxylic acids is 1. The zero-order valence-electron chi connectivity index (χ0n) is 12.5. The van der Waals surface area contributed by atoms with Crippen LogP contribution in [-0.2, 0) is 4.79 Å². The lowest BCUT2D eigenvalue weighted by atomic mass is 10.1. The standard InChI is InChI=1S/C15H15Cl2N3O2S/c1-8(11-4-3-10(16)7-12(11)17)19-14(22)9(2)23-15-18-6-5-13(21)20-15/h3-9H,1-2H3,(H,19,22)(H,18,20,21)/t8-,9+/m1/s1. The third kappa shape index (κ3) is 4.99. The number of carbonyl (C=O) groups is 1. The van der Waals surface area contributed by atoms with E-state index < -0.39 is 5.25 Å². The lowest BCUT2D eigenvalue weighted by molar-refractivity contribution is -0.120. The highest BCUT2D eigenvalue weighted by atomic mass is 35.5. The molecule has 0 spiro atoms. The molecule has 2 N–H and O–H groups in total. The van der Waals surface area contributed by atoms with E-state index in [0.717, 1.165) is 5.56 Å². The number of amides is 1. The molecule has 0 aliphatic heterocycles. The second kappa shape index (κ2) is 7.86. The van der Waals surface area contributed by atoms with Crippen molar-refractivity contribution in [3.63, 3.8) is 0 Å². The summed E-state index contributed by atoms with van der Waals surface area (Å²) in [7, 11) is 0. The van der Waals surface area contributed by atoms with Crippen LogP contribution in [0.4, 0.5) is 0 Å². The summed E-state index contributed by atoms with van der Waals surface area (Å²) in [6.45, 7) is 3.58. The molecule has 0 unspecified atom stereocenters. The van der Waals surface area contributed by atoms with Crippen molar-refractivity contribution < 1.29 is 4.79 Å². The van der Waals surface area contributed by atoms with E-state index in [2.05, 4.69) is 15.3 Å². The highest BCUT2D eigenvalue weighted by molar-refractivity contribution is 8.00. The molecule has 23 heavy (non-hydrogen) atoms. The van der Waals surface area contributed by atoms with E-state index in [4.69, 9.17) is 23.2 Å². The number of aromatic amines is 1. The Morgan fingerprint density at radius 1 is 1.30 bits per heavy atom. The molecule has 2 atom stereocenters. The summed E-state index contributed by atoms with van der Waals surface area (Å²) in [6, 6.07) is 6.20. The molecule has 0 fully saturated rings. The summed E-state index contributed by atoms with van der Waals surface area (Å²) < 4.78 is 0. The highest BCUT2D eigenvalue weighted by Gasteiger charge is 2.19. The van der Waals surface area contributed by atoms with Crippen LogP contribution in [-0.4, -0.2) is 21.1 Å². The van der Waals surface area contributed by atoms with E-state index in [-0.39, 0.29) is 17.5 Å². The summed E-state index contributed by atoms with van der Waals surface area (Å²) in [4.78, 5) is 30.1. The summed E-state index contributed by atoms with van der Waals surface area (Å²) in [5.74, 6) is -0.181. The Labute approximate surface area is 147 Å². The van der Waals surface area contributed by atoms with Gasteiger partial charge in [0, 0.05) is 22.3 Å². The second-order valence-electron chi connectivity index (χ2n) is 4.90. The maximum Gasteiger partial charge on any atom is 0.251 e. The van der Waals surface area contributed by atoms with Crippen LogP contribution in [0.25, 0.3) is 0 Å². The van der Waals surface area contributed by atoms with E-state index >= 15 is 0 Å². The first-order valence-electron chi connectivity index (χ1n) is 6.84. The highest BCUT2D eigenvalue weighted by Crippen LogP contribution is 2.26. The van der Waals surface area contributed by atoms with Gasteiger partial charge < -0.3 is 10.3 Å². The normalized spacial score (nSPS) is 13.4. The Kier molecular flexibility index (Phi) is 6.10. The molecule has 2 aromatic rings. The zero-order valence-corrected chi connectivity index (χ0v) is 14.8. The molecule has 0 saturated carbocycles. The van der Waals surface area contributed by atoms with Gasteiger partial charge >= 0.3 is 0 Å². The predicted octanol–water partition coefficient (Wildman–Crippen LogP) is 3.43. The fourth-order valence-electron chi connectivity index (χ4n) is 1.89. The van der Waals surface area contributed by atoms with Crippen LogP contribution in [0.5, 0.6) is 0 Å². The smallest absolute Gasteiger partial charge is 0.251 e. The topological polar surface area (TPSA) is 74.8 Å². The second-order valence-corrected chi connectivity index (χ2v) is 7.07. The minimum Gasteiger partial charge on any atom is -0.349 e. The van der Waals surface area contributed by atoms with Gasteiger partial charge in [0.05, 0.1) is 11.3 Å². The maximum absolute atomic E-state index is 12.3. The van der Waals surface area contributed by atoms with Crippen LogP contribution in [0.2, 0.25) is 10.0 Å². The summed E-state index contributed by atoms with van der Waals surface area (Å²) >= 11 is 13.2. The zero-order chi connectivity index (χ0) is 17.0. The van der Waals surface area contributed by atoms with Gasteiger partial charge in [0.15, 0.2) is 5.16 Å². The van der Waals surface area contributed by atoms with Crippen LogP contribution < -0.4 is 10.9 Å². The molecule has 0 radical (unpaired) electrons. The first-order chi connectivity index (χ1) is 10.9. The molecular weight excluding hydrogens is 357 g/mol. The number of halogens is 2. The monoisotopic (exact) mass is 371 g/mol. The Balaban J connectivity index is 2.01. The predicted molar refractivity (Wildman–Crippen MR) is 93.2 cm³/mol. The van der Waals surface area contributed by atoms with Crippen molar-refractivity contribution >= 4 is 40.9 Å². The quantitative estimate of drug-likeness (QED) is 0.623. The fourth-order valence-corrected chi connectivity index (χ4v) is 3.26. The third-order valence-corrected chi connectivity index (χ3v) is 4.65. The van der Waals surface area contributed by atoms with Crippen molar-refractivity contribution in [1.82, 2.24) is 15.3 Å². The Morgan fingerprint density at radius 2 is 2.04 bits per heavy atom. The number of hydrogen-bond donors (Lipinski definition) is 2. The van der Waals surface area contributed by atoms with Gasteiger partial charge in [-0.1, -0.05) is 41.0 Å². The molecule has 2 rings (SSSR count). The minimum absolute atomic E-state index is 0.181. The van der Waals surface area contributed by atoms with Crippen LogP contribution in [0.15, 0.2) is 40.4 Å². The molecule has 1 aromatic heterocycles. The van der Waals surface area contributed by atoms with Crippen LogP contribution in [0, 0.1) is 0 Å². The van der Waals surface area contributed by atoms with Crippen molar-refractivity contribution in [2.75, 3.05) is 0 Å². The van der Waals surface area contributed by atoms with Crippen LogP contribution >= 0.6 is 35.0 Å². The van der Waals surface area contributed by atoms with Gasteiger partial charge in [0.2, 0.25) is 5.91 Å². The van der Waals surface area contributed by atoms with Crippen LogP contribution in [0.1, 0.15) is 25.5 Å². The van der Waals surface area contributed by atoms with Gasteiger partial charge in [-0.15, -0.1) is 0 Å². The average molecular weight is 372 g/mol. The molecular formula is C15H15Cl2N3O2S. The van der Waals surface area contributed by atoms with Crippen molar-refractivity contribution in [1.29, 1.82) is 0 Å². The Hall–Kier alpha value is -1.50. The lowest BCUT2D eigenvalue weighted by Gasteiger charge is -2.18. The van der Waals surface area contributed by atoms with Gasteiger partial charge in [0.25, 0.3) is 5.56 Å². The van der Waals surface area contributed by atoms with Gasteiger partial charge in [-0.3, -0.25) is 9.59 Å². The molecule has 1 amide bonds. The van der Waals surface area contributed by atoms with Crippen molar-refractivity contribution in [2.24, 2.45) is 0 Å². The summed E-state index contributed by atoms with van der Waals surface area (Å²) in [5, 5.41) is 3.90. The first-order valence-corrected chi connectivity index (χ1v) is 8.47.